The molecule has 0 bridgehead atoms. The molecule has 3 rings (SSSR count). The van der Waals surface area contributed by atoms with Crippen molar-refractivity contribution in [3.05, 3.63) is 35.2 Å². The average Bonchev–Trinajstić information content (AvgIpc) is 3.43. The molecule has 1 fully saturated rings. The topological polar surface area (TPSA) is 93.8 Å². The molecule has 0 radical (unpaired) electrons. The fourth-order valence-corrected chi connectivity index (χ4v) is 3.18. The van der Waals surface area contributed by atoms with E-state index < -0.39 is 0 Å². The molecule has 9 heteroatoms. The minimum atomic E-state index is 0.275. The number of rotatable bonds is 11. The van der Waals surface area contributed by atoms with Crippen molar-refractivity contribution < 1.29 is 14.0 Å². The number of benzene rings is 1. The van der Waals surface area contributed by atoms with Crippen LogP contribution in [0.1, 0.15) is 32.1 Å². The number of aliphatic imine (C=N–C) groups is 1. The number of nitrogens with one attached hydrogen (secondary N) is 2. The molecule has 1 unspecified atom stereocenters. The minimum absolute atomic E-state index is 0.275. The molecule has 2 N–H and O–H groups in total. The second-order valence-electron chi connectivity index (χ2n) is 7.02. The molecule has 0 aliphatic carbocycles. The number of hydrogen-bond donors (Lipinski definition) is 2. The molecular weight excluding hydrogens is 406 g/mol. The lowest BCUT2D eigenvalue weighted by Gasteiger charge is -2.11. The summed E-state index contributed by atoms with van der Waals surface area (Å²) in [5, 5.41) is 11.2. The van der Waals surface area contributed by atoms with E-state index in [4.69, 9.17) is 25.6 Å². The molecule has 30 heavy (non-hydrogen) atoms. The Morgan fingerprint density at radius 3 is 2.93 bits per heavy atom. The SMILES string of the molecule is CCNC(=NCCCOCC1CCCO1)NCCc1nc(-c2ccc(Cl)cc2)no1. The van der Waals surface area contributed by atoms with Gasteiger partial charge in [0.05, 0.1) is 12.7 Å². The quantitative estimate of drug-likeness (QED) is 0.318. The Morgan fingerprint density at radius 1 is 1.30 bits per heavy atom. The third-order valence-electron chi connectivity index (χ3n) is 4.59. The Morgan fingerprint density at radius 2 is 2.17 bits per heavy atom. The van der Waals surface area contributed by atoms with E-state index in [1.807, 2.05) is 19.1 Å². The first-order chi connectivity index (χ1) is 14.7. The highest BCUT2D eigenvalue weighted by Crippen LogP contribution is 2.18. The Hall–Kier alpha value is -2.16. The van der Waals surface area contributed by atoms with Crippen molar-refractivity contribution >= 4 is 17.6 Å². The summed E-state index contributed by atoms with van der Waals surface area (Å²) in [5.74, 6) is 1.91. The Labute approximate surface area is 182 Å². The summed E-state index contributed by atoms with van der Waals surface area (Å²) in [6.45, 7) is 6.41. The zero-order valence-corrected chi connectivity index (χ0v) is 18.2. The first-order valence-electron chi connectivity index (χ1n) is 10.5. The molecule has 1 aromatic carbocycles. The van der Waals surface area contributed by atoms with Gasteiger partial charge in [0.2, 0.25) is 11.7 Å². The van der Waals surface area contributed by atoms with Crippen LogP contribution in [0.25, 0.3) is 11.4 Å². The molecule has 1 atom stereocenters. The van der Waals surface area contributed by atoms with Crippen molar-refractivity contribution in [1.29, 1.82) is 0 Å². The number of nitrogens with zero attached hydrogens (tertiary/aromatic N) is 3. The number of guanidine groups is 1. The van der Waals surface area contributed by atoms with Crippen LogP contribution in [0.2, 0.25) is 5.02 Å². The normalized spacial score (nSPS) is 16.7. The first-order valence-corrected chi connectivity index (χ1v) is 10.9. The number of hydrogen-bond acceptors (Lipinski definition) is 6. The summed E-state index contributed by atoms with van der Waals surface area (Å²) in [6, 6.07) is 7.35. The molecule has 1 aliphatic heterocycles. The van der Waals surface area contributed by atoms with Gasteiger partial charge in [-0.1, -0.05) is 16.8 Å². The van der Waals surface area contributed by atoms with Crippen LogP contribution >= 0.6 is 11.6 Å². The Bertz CT molecular complexity index is 775. The van der Waals surface area contributed by atoms with Crippen molar-refractivity contribution in [2.75, 3.05) is 39.5 Å². The predicted octanol–water partition coefficient (Wildman–Crippen LogP) is 3.07. The van der Waals surface area contributed by atoms with Crippen molar-refractivity contribution in [2.24, 2.45) is 4.99 Å². The Balaban J connectivity index is 1.35. The van der Waals surface area contributed by atoms with Crippen LogP contribution in [0.4, 0.5) is 0 Å². The zero-order valence-electron chi connectivity index (χ0n) is 17.4. The summed E-state index contributed by atoms with van der Waals surface area (Å²) in [7, 11) is 0. The maximum Gasteiger partial charge on any atom is 0.228 e. The maximum absolute atomic E-state index is 5.91. The molecule has 2 heterocycles. The monoisotopic (exact) mass is 435 g/mol. The van der Waals surface area contributed by atoms with Crippen LogP contribution < -0.4 is 10.6 Å². The van der Waals surface area contributed by atoms with Gasteiger partial charge in [-0.3, -0.25) is 4.99 Å². The van der Waals surface area contributed by atoms with E-state index in [1.165, 1.54) is 0 Å². The van der Waals surface area contributed by atoms with Crippen LogP contribution in [0.3, 0.4) is 0 Å². The fraction of sp³-hybridized carbons (Fsp3) is 0.571. The molecule has 1 aromatic heterocycles. The van der Waals surface area contributed by atoms with E-state index in [0.29, 0.717) is 49.5 Å². The van der Waals surface area contributed by atoms with E-state index in [1.54, 1.807) is 12.1 Å². The largest absolute Gasteiger partial charge is 0.379 e. The van der Waals surface area contributed by atoms with Gasteiger partial charge in [-0.2, -0.15) is 4.98 Å². The van der Waals surface area contributed by atoms with Crippen LogP contribution in [0, 0.1) is 0 Å². The lowest BCUT2D eigenvalue weighted by Crippen LogP contribution is -2.38. The predicted molar refractivity (Wildman–Crippen MR) is 117 cm³/mol. The Kier molecular flexibility index (Phi) is 9.40. The third-order valence-corrected chi connectivity index (χ3v) is 4.84. The lowest BCUT2D eigenvalue weighted by atomic mass is 10.2. The van der Waals surface area contributed by atoms with E-state index in [-0.39, 0.29) is 6.10 Å². The van der Waals surface area contributed by atoms with Crippen molar-refractivity contribution in [3.8, 4) is 11.4 Å². The highest BCUT2D eigenvalue weighted by atomic mass is 35.5. The second-order valence-corrected chi connectivity index (χ2v) is 7.46. The van der Waals surface area contributed by atoms with E-state index in [2.05, 4.69) is 25.8 Å². The zero-order chi connectivity index (χ0) is 21.0. The second kappa shape index (κ2) is 12.5. The van der Waals surface area contributed by atoms with E-state index in [0.717, 1.165) is 43.9 Å². The van der Waals surface area contributed by atoms with Gasteiger partial charge >= 0.3 is 0 Å². The van der Waals surface area contributed by atoms with Gasteiger partial charge in [-0.15, -0.1) is 0 Å². The van der Waals surface area contributed by atoms with Crippen LogP contribution in [0.15, 0.2) is 33.8 Å². The molecule has 1 aliphatic rings. The van der Waals surface area contributed by atoms with Crippen molar-refractivity contribution in [3.63, 3.8) is 0 Å². The molecule has 0 amide bonds. The summed E-state index contributed by atoms with van der Waals surface area (Å²) in [4.78, 5) is 9.01. The van der Waals surface area contributed by atoms with Crippen molar-refractivity contribution in [2.45, 2.75) is 38.7 Å². The molecular formula is C21H30ClN5O3. The van der Waals surface area contributed by atoms with Gasteiger partial charge in [0.25, 0.3) is 0 Å². The average molecular weight is 436 g/mol. The van der Waals surface area contributed by atoms with Gasteiger partial charge in [0.1, 0.15) is 0 Å². The summed E-state index contributed by atoms with van der Waals surface area (Å²) in [5.41, 5.74) is 0.874. The number of halogens is 1. The summed E-state index contributed by atoms with van der Waals surface area (Å²) in [6.07, 6.45) is 4.00. The third kappa shape index (κ3) is 7.59. The molecule has 0 saturated carbocycles. The number of ether oxygens (including phenoxy) is 2. The van der Waals surface area contributed by atoms with Gasteiger partial charge < -0.3 is 24.6 Å². The van der Waals surface area contributed by atoms with Crippen LogP contribution in [-0.2, 0) is 15.9 Å². The summed E-state index contributed by atoms with van der Waals surface area (Å²) < 4.78 is 16.6. The molecule has 164 valence electrons. The molecule has 1 saturated heterocycles. The molecule has 0 spiro atoms. The van der Waals surface area contributed by atoms with Crippen LogP contribution in [-0.4, -0.2) is 61.7 Å². The first kappa shape index (κ1) is 22.5. The smallest absolute Gasteiger partial charge is 0.228 e. The van der Waals surface area contributed by atoms with Gasteiger partial charge in [-0.05, 0) is 50.5 Å². The van der Waals surface area contributed by atoms with Crippen LogP contribution in [0.5, 0.6) is 0 Å². The fourth-order valence-electron chi connectivity index (χ4n) is 3.05. The maximum atomic E-state index is 5.91. The summed E-state index contributed by atoms with van der Waals surface area (Å²) >= 11 is 5.91. The number of aromatic nitrogens is 2. The van der Waals surface area contributed by atoms with E-state index >= 15 is 0 Å². The van der Waals surface area contributed by atoms with Gasteiger partial charge in [0, 0.05) is 49.9 Å². The van der Waals surface area contributed by atoms with Gasteiger partial charge in [0.15, 0.2) is 5.96 Å². The lowest BCUT2D eigenvalue weighted by molar-refractivity contribution is 0.0171. The standard InChI is InChI=1S/C21H30ClN5O3/c1-2-23-21(24-11-4-13-28-15-18-5-3-14-29-18)25-12-10-19-26-20(27-30-19)16-6-8-17(22)9-7-16/h6-9,18H,2-5,10-15H2,1H3,(H2,23,24,25). The van der Waals surface area contributed by atoms with Crippen molar-refractivity contribution in [1.82, 2.24) is 20.8 Å². The van der Waals surface area contributed by atoms with Gasteiger partial charge in [-0.25, -0.2) is 0 Å². The molecule has 2 aromatic rings. The highest BCUT2D eigenvalue weighted by molar-refractivity contribution is 6.30. The highest BCUT2D eigenvalue weighted by Gasteiger charge is 2.14. The van der Waals surface area contributed by atoms with E-state index in [9.17, 15) is 0 Å². The molecule has 8 nitrogen and oxygen atoms in total. The minimum Gasteiger partial charge on any atom is -0.379 e.